The standard InChI is InChI=1S/C75H46N4OS/c1-4-19-47(20-5-1)54-42-55(48-21-6-2-7-22-48)44-56(43-54)50-25-16-26-53(41-50)74-76-73(49-23-8-3-9-24-49)77-75(78-74)62-32-18-35-69-71(62)64-46-52(38-40-68(64)80-69)51-37-39-67-63(45-51)58-28-11-14-34-66(58)79(67)65-33-13-10-27-57(65)60-30-17-31-61-59-29-12-15-36-70(59)81-72(60)61/h1-46H. The maximum absolute atomic E-state index is 6.68. The summed E-state index contributed by atoms with van der Waals surface area (Å²) in [6.07, 6.45) is 0. The largest absolute Gasteiger partial charge is 0.456 e. The Balaban J connectivity index is 0.818. The SMILES string of the molecule is c1ccc(-c2cc(-c3ccccc3)cc(-c3cccc(-c4nc(-c5ccccc5)nc(-c5cccc6oc7ccc(-c8ccc9c(c8)c8ccccc8n9-c8ccccc8-c8cccc9c8sc8ccccc89)cc7c56)n4)c3)c2)cc1. The van der Waals surface area contributed by atoms with Gasteiger partial charge in [0.05, 0.1) is 16.7 Å². The normalized spacial score (nSPS) is 11.7. The zero-order valence-electron chi connectivity index (χ0n) is 43.7. The van der Waals surface area contributed by atoms with Crippen molar-refractivity contribution < 1.29 is 4.42 Å². The van der Waals surface area contributed by atoms with Gasteiger partial charge in [-0.05, 0) is 117 Å². The van der Waals surface area contributed by atoms with E-state index in [0.717, 1.165) is 99.9 Å². The summed E-state index contributed by atoms with van der Waals surface area (Å²) in [4.78, 5) is 15.8. The molecule has 0 aliphatic carbocycles. The van der Waals surface area contributed by atoms with Crippen molar-refractivity contribution in [3.63, 3.8) is 0 Å². The number of aromatic nitrogens is 4. The minimum atomic E-state index is 0.568. The van der Waals surface area contributed by atoms with Crippen LogP contribution in [-0.2, 0) is 0 Å². The van der Waals surface area contributed by atoms with Crippen LogP contribution in [0, 0.1) is 0 Å². The lowest BCUT2D eigenvalue weighted by Gasteiger charge is -2.15. The molecule has 16 aromatic rings. The molecule has 0 N–H and O–H groups in total. The third-order valence-electron chi connectivity index (χ3n) is 15.9. The molecule has 0 unspecified atom stereocenters. The van der Waals surface area contributed by atoms with Crippen molar-refractivity contribution in [2.75, 3.05) is 0 Å². The highest BCUT2D eigenvalue weighted by molar-refractivity contribution is 7.26. The first-order valence-corrected chi connectivity index (χ1v) is 28.1. The van der Waals surface area contributed by atoms with Crippen molar-refractivity contribution in [2.24, 2.45) is 0 Å². The van der Waals surface area contributed by atoms with Gasteiger partial charge in [-0.25, -0.2) is 15.0 Å². The second-order valence-corrected chi connectivity index (χ2v) is 21.7. The van der Waals surface area contributed by atoms with Crippen LogP contribution in [0.4, 0.5) is 0 Å². The van der Waals surface area contributed by atoms with E-state index in [1.165, 1.54) is 42.1 Å². The van der Waals surface area contributed by atoms with Gasteiger partial charge < -0.3 is 8.98 Å². The quantitative estimate of drug-likeness (QED) is 0.145. The van der Waals surface area contributed by atoms with E-state index in [2.05, 4.69) is 253 Å². The second kappa shape index (κ2) is 19.1. The molecule has 0 fully saturated rings. The topological polar surface area (TPSA) is 56.7 Å². The fourth-order valence-electron chi connectivity index (χ4n) is 12.0. The lowest BCUT2D eigenvalue weighted by atomic mass is 9.93. The van der Waals surface area contributed by atoms with Crippen molar-refractivity contribution >= 4 is 75.3 Å². The summed E-state index contributed by atoms with van der Waals surface area (Å²) in [7, 11) is 0. The highest BCUT2D eigenvalue weighted by Gasteiger charge is 2.22. The number of thiophene rings is 1. The summed E-state index contributed by atoms with van der Waals surface area (Å²) in [6.45, 7) is 0. The summed E-state index contributed by atoms with van der Waals surface area (Å²) in [5, 5.41) is 6.92. The van der Waals surface area contributed by atoms with Crippen LogP contribution in [0.2, 0.25) is 0 Å². The van der Waals surface area contributed by atoms with E-state index in [4.69, 9.17) is 19.4 Å². The second-order valence-electron chi connectivity index (χ2n) is 20.7. The molecule has 4 aromatic heterocycles. The Morgan fingerprint density at radius 3 is 1.57 bits per heavy atom. The van der Waals surface area contributed by atoms with E-state index in [0.29, 0.717) is 17.5 Å². The molecule has 0 aliphatic rings. The number of benzene rings is 12. The van der Waals surface area contributed by atoms with Gasteiger partial charge in [-0.3, -0.25) is 0 Å². The molecule has 81 heavy (non-hydrogen) atoms. The maximum atomic E-state index is 6.68. The average molecular weight is 1050 g/mol. The van der Waals surface area contributed by atoms with Crippen LogP contribution >= 0.6 is 11.3 Å². The van der Waals surface area contributed by atoms with Gasteiger partial charge in [-0.2, -0.15) is 0 Å². The first-order chi connectivity index (χ1) is 40.1. The zero-order valence-corrected chi connectivity index (χ0v) is 44.5. The number of para-hydroxylation sites is 2. The van der Waals surface area contributed by atoms with Crippen molar-refractivity contribution in [2.45, 2.75) is 0 Å². The molecule has 0 atom stereocenters. The summed E-state index contributed by atoms with van der Waals surface area (Å²) in [5.41, 5.74) is 19.1. The smallest absolute Gasteiger partial charge is 0.164 e. The Bertz CT molecular complexity index is 5060. The number of rotatable bonds is 9. The van der Waals surface area contributed by atoms with E-state index >= 15 is 0 Å². The Kier molecular flexibility index (Phi) is 11.0. The van der Waals surface area contributed by atoms with E-state index in [1.807, 2.05) is 41.7 Å². The number of fused-ring (bicyclic) bond motifs is 9. The predicted molar refractivity (Wildman–Crippen MR) is 338 cm³/mol. The molecular weight excluding hydrogens is 1000 g/mol. The average Bonchev–Trinajstić information content (AvgIpc) is 4.45. The molecule has 0 saturated heterocycles. The van der Waals surface area contributed by atoms with Gasteiger partial charge in [0, 0.05) is 69.5 Å². The van der Waals surface area contributed by atoms with E-state index < -0.39 is 0 Å². The van der Waals surface area contributed by atoms with Gasteiger partial charge in [0.2, 0.25) is 0 Å². The predicted octanol–water partition coefficient (Wildman–Crippen LogP) is 20.6. The fraction of sp³-hybridized carbons (Fsp3) is 0. The van der Waals surface area contributed by atoms with Gasteiger partial charge in [0.25, 0.3) is 0 Å². The number of hydrogen-bond donors (Lipinski definition) is 0. The first kappa shape index (κ1) is 46.6. The Morgan fingerprint density at radius 1 is 0.284 bits per heavy atom. The summed E-state index contributed by atoms with van der Waals surface area (Å²) in [5.74, 6) is 1.75. The lowest BCUT2D eigenvalue weighted by Crippen LogP contribution is -2.00. The molecule has 4 heterocycles. The fourth-order valence-corrected chi connectivity index (χ4v) is 13.3. The number of furan rings is 1. The Labute approximate surface area is 471 Å². The van der Waals surface area contributed by atoms with Crippen molar-refractivity contribution in [1.29, 1.82) is 0 Å². The van der Waals surface area contributed by atoms with E-state index in [9.17, 15) is 0 Å². The van der Waals surface area contributed by atoms with Crippen molar-refractivity contribution in [3.8, 4) is 95.5 Å². The van der Waals surface area contributed by atoms with Crippen LogP contribution in [0.1, 0.15) is 0 Å². The monoisotopic (exact) mass is 1050 g/mol. The minimum absolute atomic E-state index is 0.568. The Hall–Kier alpha value is -10.5. The lowest BCUT2D eigenvalue weighted by molar-refractivity contribution is 0.669. The van der Waals surface area contributed by atoms with Crippen LogP contribution in [-0.4, -0.2) is 19.5 Å². The molecule has 0 radical (unpaired) electrons. The number of nitrogens with zero attached hydrogens (tertiary/aromatic N) is 4. The molecule has 5 nitrogen and oxygen atoms in total. The van der Waals surface area contributed by atoms with Crippen molar-refractivity contribution in [3.05, 3.63) is 279 Å². The van der Waals surface area contributed by atoms with E-state index in [1.54, 1.807) is 0 Å². The molecule has 0 bridgehead atoms. The molecule has 16 rings (SSSR count). The molecule has 0 spiro atoms. The highest BCUT2D eigenvalue weighted by atomic mass is 32.1. The van der Waals surface area contributed by atoms with Crippen LogP contribution in [0.5, 0.6) is 0 Å². The highest BCUT2D eigenvalue weighted by Crippen LogP contribution is 2.45. The number of hydrogen-bond acceptors (Lipinski definition) is 5. The Morgan fingerprint density at radius 2 is 0.790 bits per heavy atom. The van der Waals surface area contributed by atoms with Crippen LogP contribution in [0.3, 0.4) is 0 Å². The van der Waals surface area contributed by atoms with Crippen molar-refractivity contribution in [1.82, 2.24) is 19.5 Å². The first-order valence-electron chi connectivity index (χ1n) is 27.3. The van der Waals surface area contributed by atoms with Gasteiger partial charge in [0.15, 0.2) is 17.5 Å². The molecular formula is C75H46N4OS. The van der Waals surface area contributed by atoms with E-state index in [-0.39, 0.29) is 0 Å². The zero-order chi connectivity index (χ0) is 53.4. The van der Waals surface area contributed by atoms with Gasteiger partial charge in [-0.15, -0.1) is 11.3 Å². The summed E-state index contributed by atoms with van der Waals surface area (Å²) < 4.78 is 11.7. The van der Waals surface area contributed by atoms with Crippen LogP contribution in [0.25, 0.3) is 159 Å². The maximum Gasteiger partial charge on any atom is 0.164 e. The third kappa shape index (κ3) is 8.03. The summed E-state index contributed by atoms with van der Waals surface area (Å²) in [6, 6.07) is 99.5. The van der Waals surface area contributed by atoms with Crippen LogP contribution in [0.15, 0.2) is 283 Å². The molecule has 0 saturated carbocycles. The van der Waals surface area contributed by atoms with Gasteiger partial charge in [-0.1, -0.05) is 206 Å². The third-order valence-corrected chi connectivity index (χ3v) is 17.1. The van der Waals surface area contributed by atoms with Gasteiger partial charge in [0.1, 0.15) is 11.2 Å². The molecule has 378 valence electrons. The van der Waals surface area contributed by atoms with Crippen LogP contribution < -0.4 is 0 Å². The van der Waals surface area contributed by atoms with Gasteiger partial charge >= 0.3 is 0 Å². The molecule has 0 amide bonds. The molecule has 12 aromatic carbocycles. The molecule has 6 heteroatoms. The molecule has 0 aliphatic heterocycles. The minimum Gasteiger partial charge on any atom is -0.456 e. The summed E-state index contributed by atoms with van der Waals surface area (Å²) >= 11 is 1.87.